The summed E-state index contributed by atoms with van der Waals surface area (Å²) in [4.78, 5) is 30.8. The van der Waals surface area contributed by atoms with E-state index in [1.807, 2.05) is 32.2 Å². The van der Waals surface area contributed by atoms with Crippen LogP contribution in [-0.2, 0) is 24.5 Å². The second kappa shape index (κ2) is 12.4. The topological polar surface area (TPSA) is 146 Å². The number of aryl methyl sites for hydroxylation is 1. The summed E-state index contributed by atoms with van der Waals surface area (Å²) in [6, 6.07) is -0.658. The lowest BCUT2D eigenvalue weighted by Crippen LogP contribution is -2.45. The molecule has 3 N–H and O–H groups in total. The first kappa shape index (κ1) is 31.8. The zero-order valence-electron chi connectivity index (χ0n) is 23.9. The molecule has 1 aromatic rings. The highest BCUT2D eigenvalue weighted by atomic mass is 32.2. The zero-order valence-corrected chi connectivity index (χ0v) is 25.5. The fraction of sp³-hybridized carbons (Fsp3) is 0.741. The van der Waals surface area contributed by atoms with Crippen LogP contribution in [0.1, 0.15) is 77.4 Å². The molecule has 0 spiro atoms. The average Bonchev–Trinajstić information content (AvgIpc) is 3.41. The van der Waals surface area contributed by atoms with Crippen LogP contribution in [0.4, 0.5) is 0 Å². The number of Topliss-reactive ketones (excluding diaryl/α,β-unsaturated/α-hetero) is 1. The molecule has 3 heterocycles. The van der Waals surface area contributed by atoms with Crippen LogP contribution in [0.3, 0.4) is 0 Å². The standard InChI is InChI=1S/C27H43N3O7S2/c1-15-9-8-10-20-21(30(20)39(35,36)28-7)12-22(16(2)11-19-14-38-18(4)29-19)37-24(32)13-23(31)27(5,6)26(34)17(3)25(15)33/h11,14-15,17,20-23,25,28,31,33H,8-10,12-13H2,1-7H3/b16-11+/t15-,17+,20+,21-,22-,23-,25-,30?/m0/s1. The molecule has 0 bridgehead atoms. The first-order valence-electron chi connectivity index (χ1n) is 13.5. The summed E-state index contributed by atoms with van der Waals surface area (Å²) in [6.07, 6.45) is 0.492. The number of hydrogen-bond donors (Lipinski definition) is 3. The minimum Gasteiger partial charge on any atom is -0.458 e. The molecule has 0 aliphatic carbocycles. The van der Waals surface area contributed by atoms with E-state index in [0.717, 1.165) is 10.7 Å². The average molecular weight is 586 g/mol. The van der Waals surface area contributed by atoms with E-state index in [-0.39, 0.29) is 30.2 Å². The molecule has 0 radical (unpaired) electrons. The van der Waals surface area contributed by atoms with E-state index in [0.29, 0.717) is 24.8 Å². The maximum absolute atomic E-state index is 13.3. The molecule has 1 aromatic heterocycles. The summed E-state index contributed by atoms with van der Waals surface area (Å²) in [5, 5.41) is 24.6. The number of aromatic nitrogens is 1. The number of carbonyl (C=O) groups excluding carboxylic acids is 2. The van der Waals surface area contributed by atoms with Crippen LogP contribution in [0.5, 0.6) is 0 Å². The van der Waals surface area contributed by atoms with Gasteiger partial charge in [0.15, 0.2) is 0 Å². The molecular formula is C27H43N3O7S2. The Balaban J connectivity index is 1.95. The van der Waals surface area contributed by atoms with Gasteiger partial charge < -0.3 is 14.9 Å². The van der Waals surface area contributed by atoms with Crippen molar-refractivity contribution in [2.45, 2.75) is 104 Å². The molecule has 10 nitrogen and oxygen atoms in total. The van der Waals surface area contributed by atoms with Gasteiger partial charge >= 0.3 is 5.97 Å². The monoisotopic (exact) mass is 585 g/mol. The second-order valence-corrected chi connectivity index (χ2v) is 14.4. The van der Waals surface area contributed by atoms with Crippen molar-refractivity contribution >= 4 is 39.4 Å². The van der Waals surface area contributed by atoms with Gasteiger partial charge in [0.1, 0.15) is 11.9 Å². The molecule has 0 aromatic carbocycles. The molecule has 2 aliphatic heterocycles. The van der Waals surface area contributed by atoms with E-state index < -0.39 is 52.2 Å². The smallest absolute Gasteiger partial charge is 0.309 e. The summed E-state index contributed by atoms with van der Waals surface area (Å²) in [7, 11) is -2.35. The molecule has 3 rings (SSSR count). The molecular weight excluding hydrogens is 542 g/mol. The molecule has 8 atom stereocenters. The van der Waals surface area contributed by atoms with Gasteiger partial charge in [-0.05, 0) is 44.3 Å². The molecule has 220 valence electrons. The lowest BCUT2D eigenvalue weighted by atomic mass is 9.73. The number of hydrogen-bond acceptors (Lipinski definition) is 9. The number of nitrogens with one attached hydrogen (secondary N) is 1. The van der Waals surface area contributed by atoms with Crippen LogP contribution < -0.4 is 4.72 Å². The number of nitrogens with zero attached hydrogens (tertiary/aromatic N) is 2. The number of fused-ring (bicyclic) bond motifs is 1. The largest absolute Gasteiger partial charge is 0.458 e. The Morgan fingerprint density at radius 3 is 2.49 bits per heavy atom. The van der Waals surface area contributed by atoms with Crippen molar-refractivity contribution in [3.05, 3.63) is 21.7 Å². The van der Waals surface area contributed by atoms with E-state index >= 15 is 0 Å². The third-order valence-electron chi connectivity index (χ3n) is 8.29. The Morgan fingerprint density at radius 2 is 1.90 bits per heavy atom. The summed E-state index contributed by atoms with van der Waals surface area (Å²) < 4.78 is 35.2. The summed E-state index contributed by atoms with van der Waals surface area (Å²) in [5.74, 6) is -1.97. The Hall–Kier alpha value is -1.70. The quantitative estimate of drug-likeness (QED) is 0.361. The van der Waals surface area contributed by atoms with E-state index in [2.05, 4.69) is 9.71 Å². The van der Waals surface area contributed by atoms with Gasteiger partial charge in [0, 0.05) is 36.9 Å². The molecule has 0 saturated carbocycles. The Morgan fingerprint density at radius 1 is 1.23 bits per heavy atom. The van der Waals surface area contributed by atoms with Gasteiger partial charge in [-0.15, -0.1) is 11.3 Å². The molecule has 2 aliphatic rings. The predicted molar refractivity (Wildman–Crippen MR) is 150 cm³/mol. The molecule has 2 saturated heterocycles. The minimum absolute atomic E-state index is 0.208. The highest BCUT2D eigenvalue weighted by molar-refractivity contribution is 7.87. The van der Waals surface area contributed by atoms with Gasteiger partial charge in [0.2, 0.25) is 0 Å². The number of esters is 1. The molecule has 0 amide bonds. The van der Waals surface area contributed by atoms with Crippen molar-refractivity contribution in [3.8, 4) is 0 Å². The third kappa shape index (κ3) is 7.34. The highest BCUT2D eigenvalue weighted by Crippen LogP contribution is 2.41. The van der Waals surface area contributed by atoms with Crippen LogP contribution in [0.2, 0.25) is 0 Å². The predicted octanol–water partition coefficient (Wildman–Crippen LogP) is 2.84. The van der Waals surface area contributed by atoms with Gasteiger partial charge in [-0.25, -0.2) is 9.71 Å². The van der Waals surface area contributed by atoms with Crippen molar-refractivity contribution in [2.75, 3.05) is 7.05 Å². The summed E-state index contributed by atoms with van der Waals surface area (Å²) >= 11 is 1.49. The normalized spacial score (nSPS) is 35.3. The number of aliphatic hydroxyl groups excluding tert-OH is 2. The minimum atomic E-state index is -3.71. The lowest BCUT2D eigenvalue weighted by Gasteiger charge is -2.34. The van der Waals surface area contributed by atoms with Gasteiger partial charge in [-0.1, -0.05) is 34.1 Å². The summed E-state index contributed by atoms with van der Waals surface area (Å²) in [5.41, 5.74) is 0.143. The zero-order chi connectivity index (χ0) is 29.3. The van der Waals surface area contributed by atoms with Gasteiger partial charge in [0.25, 0.3) is 10.2 Å². The first-order chi connectivity index (χ1) is 18.1. The van der Waals surface area contributed by atoms with E-state index in [1.54, 1.807) is 20.8 Å². The highest BCUT2D eigenvalue weighted by Gasteiger charge is 2.55. The van der Waals surface area contributed by atoms with Crippen LogP contribution in [0.15, 0.2) is 11.0 Å². The van der Waals surface area contributed by atoms with Crippen molar-refractivity contribution in [1.82, 2.24) is 14.0 Å². The van der Waals surface area contributed by atoms with Crippen LogP contribution in [-0.4, -0.2) is 77.1 Å². The SMILES string of the molecule is CNS(=O)(=O)N1[C@@H]2CCC[C@H](C)[C@H](O)[C@@H](C)C(=O)C(C)(C)[C@@H](O)CC(=O)O[C@H](/C(C)=C/c3csc(C)n3)C[C@@H]21. The summed E-state index contributed by atoms with van der Waals surface area (Å²) in [6.45, 7) is 10.4. The molecule has 1 unspecified atom stereocenters. The van der Waals surface area contributed by atoms with Gasteiger partial charge in [-0.2, -0.15) is 12.7 Å². The fourth-order valence-electron chi connectivity index (χ4n) is 5.51. The number of carbonyl (C=O) groups is 2. The Kier molecular flexibility index (Phi) is 10.2. The van der Waals surface area contributed by atoms with Crippen LogP contribution >= 0.6 is 11.3 Å². The van der Waals surface area contributed by atoms with E-state index in [9.17, 15) is 28.2 Å². The molecule has 39 heavy (non-hydrogen) atoms. The fourth-order valence-corrected chi connectivity index (χ4v) is 7.42. The number of cyclic esters (lactones) is 1. The van der Waals surface area contributed by atoms with E-state index in [4.69, 9.17) is 4.74 Å². The Bertz CT molecular complexity index is 1180. The molecule has 12 heteroatoms. The second-order valence-electron chi connectivity index (χ2n) is 11.6. The first-order valence-corrected chi connectivity index (χ1v) is 15.8. The number of thiazole rings is 1. The third-order valence-corrected chi connectivity index (χ3v) is 10.7. The van der Waals surface area contributed by atoms with Crippen molar-refractivity contribution in [3.63, 3.8) is 0 Å². The number of ketones is 1. The van der Waals surface area contributed by atoms with Gasteiger partial charge in [0.05, 0.1) is 34.7 Å². The van der Waals surface area contributed by atoms with Crippen molar-refractivity contribution in [2.24, 2.45) is 17.3 Å². The maximum Gasteiger partial charge on any atom is 0.309 e. The lowest BCUT2D eigenvalue weighted by molar-refractivity contribution is -0.154. The van der Waals surface area contributed by atoms with E-state index in [1.165, 1.54) is 22.7 Å². The van der Waals surface area contributed by atoms with Crippen molar-refractivity contribution < 1.29 is 33.0 Å². The van der Waals surface area contributed by atoms with Crippen molar-refractivity contribution in [1.29, 1.82) is 0 Å². The number of aliphatic hydroxyl groups is 2. The number of rotatable bonds is 4. The van der Waals surface area contributed by atoms with Gasteiger partial charge in [-0.3, -0.25) is 9.59 Å². The Labute approximate surface area is 236 Å². The maximum atomic E-state index is 13.3. The van der Waals surface area contributed by atoms with Crippen LogP contribution in [0, 0.1) is 24.2 Å². The molecule has 2 fully saturated rings. The van der Waals surface area contributed by atoms with Crippen LogP contribution in [0.25, 0.3) is 6.08 Å². The number of ether oxygens (including phenoxy) is 1.